The highest BCUT2D eigenvalue weighted by molar-refractivity contribution is 6.30. The Hall–Kier alpha value is -4.17. The second-order valence-electron chi connectivity index (χ2n) is 8.53. The van der Waals surface area contributed by atoms with Crippen LogP contribution < -0.4 is 5.32 Å². The number of hydrogen-bond donors (Lipinski definition) is 3. The molecule has 0 bridgehead atoms. The van der Waals surface area contributed by atoms with Gasteiger partial charge in [-0.1, -0.05) is 35.9 Å². The molecule has 1 aliphatic rings. The van der Waals surface area contributed by atoms with Crippen LogP contribution >= 0.6 is 11.6 Å². The van der Waals surface area contributed by atoms with E-state index in [1.165, 1.54) is 12.1 Å². The normalized spacial score (nSPS) is 14.4. The van der Waals surface area contributed by atoms with Crippen LogP contribution in [0, 0.1) is 6.92 Å². The summed E-state index contributed by atoms with van der Waals surface area (Å²) in [7, 11) is 0. The van der Waals surface area contributed by atoms with E-state index in [2.05, 4.69) is 15.5 Å². The van der Waals surface area contributed by atoms with E-state index >= 15 is 0 Å². The standard InChI is InChI=1S/C27H24ClN5O3/c1-3-29-25(36)14-21-27-32-31-15(2)33(27)22-10-6-17(18-7-11-23(34)24(35)13-18)12-20(22)26(30-21)16-4-8-19(28)9-5-16/h4-13,21,34-35H,3,14H2,1-2H3,(H,29,36). The Morgan fingerprint density at radius 1 is 0.972 bits per heavy atom. The first-order chi connectivity index (χ1) is 17.4. The van der Waals surface area contributed by atoms with Crippen LogP contribution in [0.15, 0.2) is 65.7 Å². The summed E-state index contributed by atoms with van der Waals surface area (Å²) in [5.74, 6) is 0.747. The van der Waals surface area contributed by atoms with Gasteiger partial charge < -0.3 is 15.5 Å². The number of carbonyl (C=O) groups is 1. The van der Waals surface area contributed by atoms with Gasteiger partial charge in [-0.15, -0.1) is 10.2 Å². The van der Waals surface area contributed by atoms with Crippen molar-refractivity contribution in [3.8, 4) is 28.3 Å². The molecule has 1 unspecified atom stereocenters. The van der Waals surface area contributed by atoms with Gasteiger partial charge in [-0.3, -0.25) is 14.4 Å². The molecular weight excluding hydrogens is 478 g/mol. The van der Waals surface area contributed by atoms with E-state index in [-0.39, 0.29) is 23.8 Å². The van der Waals surface area contributed by atoms with Gasteiger partial charge in [-0.2, -0.15) is 0 Å². The molecule has 5 rings (SSSR count). The average molecular weight is 502 g/mol. The maximum Gasteiger partial charge on any atom is 0.222 e. The molecule has 4 aromatic rings. The number of aromatic nitrogens is 3. The summed E-state index contributed by atoms with van der Waals surface area (Å²) in [6.45, 7) is 4.26. The van der Waals surface area contributed by atoms with Crippen molar-refractivity contribution in [2.45, 2.75) is 26.3 Å². The minimum Gasteiger partial charge on any atom is -0.504 e. The SMILES string of the molecule is CCNC(=O)CC1N=C(c2ccc(Cl)cc2)c2cc(-c3ccc(O)c(O)c3)ccc2-n2c(C)nnc21. The number of halogens is 1. The summed E-state index contributed by atoms with van der Waals surface area (Å²) >= 11 is 6.17. The van der Waals surface area contributed by atoms with E-state index in [1.54, 1.807) is 18.2 Å². The molecule has 3 aromatic carbocycles. The van der Waals surface area contributed by atoms with Crippen LogP contribution in [0.2, 0.25) is 5.02 Å². The molecule has 0 radical (unpaired) electrons. The first kappa shape index (κ1) is 23.6. The summed E-state index contributed by atoms with van der Waals surface area (Å²) < 4.78 is 1.93. The van der Waals surface area contributed by atoms with Crippen LogP contribution in [0.25, 0.3) is 16.8 Å². The number of aryl methyl sites for hydroxylation is 1. The molecule has 1 aromatic heterocycles. The minimum absolute atomic E-state index is 0.121. The number of nitrogens with zero attached hydrogens (tertiary/aromatic N) is 4. The molecule has 9 heteroatoms. The Kier molecular flexibility index (Phi) is 6.20. The Morgan fingerprint density at radius 2 is 1.67 bits per heavy atom. The predicted molar refractivity (Wildman–Crippen MR) is 138 cm³/mol. The summed E-state index contributed by atoms with van der Waals surface area (Å²) in [6, 6.07) is 17.4. The molecule has 0 saturated heterocycles. The number of carbonyl (C=O) groups excluding carboxylic acids is 1. The molecule has 1 atom stereocenters. The monoisotopic (exact) mass is 501 g/mol. The quantitative estimate of drug-likeness (QED) is 0.342. The number of phenolic OH excluding ortho intramolecular Hbond substituents is 2. The minimum atomic E-state index is -0.558. The van der Waals surface area contributed by atoms with Crippen LogP contribution in [-0.4, -0.2) is 43.1 Å². The number of aromatic hydroxyl groups is 2. The zero-order valence-corrected chi connectivity index (χ0v) is 20.5. The second kappa shape index (κ2) is 9.47. The fourth-order valence-corrected chi connectivity index (χ4v) is 4.52. The number of benzene rings is 3. The van der Waals surface area contributed by atoms with Crippen LogP contribution in [0.5, 0.6) is 11.5 Å². The van der Waals surface area contributed by atoms with Crippen molar-refractivity contribution in [2.24, 2.45) is 4.99 Å². The maximum atomic E-state index is 12.6. The lowest BCUT2D eigenvalue weighted by Gasteiger charge is -2.15. The van der Waals surface area contributed by atoms with Crippen molar-refractivity contribution < 1.29 is 15.0 Å². The largest absolute Gasteiger partial charge is 0.504 e. The Morgan fingerprint density at radius 3 is 2.39 bits per heavy atom. The van der Waals surface area contributed by atoms with Crippen molar-refractivity contribution in [1.82, 2.24) is 20.1 Å². The van der Waals surface area contributed by atoms with Gasteiger partial charge in [0.15, 0.2) is 17.3 Å². The smallest absolute Gasteiger partial charge is 0.222 e. The van der Waals surface area contributed by atoms with Crippen molar-refractivity contribution in [3.63, 3.8) is 0 Å². The summed E-state index contributed by atoms with van der Waals surface area (Å²) in [5, 5.41) is 32.0. The highest BCUT2D eigenvalue weighted by Crippen LogP contribution is 2.36. The van der Waals surface area contributed by atoms with Gasteiger partial charge in [0, 0.05) is 22.7 Å². The van der Waals surface area contributed by atoms with Crippen molar-refractivity contribution >= 4 is 23.2 Å². The number of fused-ring (bicyclic) bond motifs is 3. The lowest BCUT2D eigenvalue weighted by atomic mass is 9.95. The van der Waals surface area contributed by atoms with Gasteiger partial charge in [-0.25, -0.2) is 0 Å². The zero-order chi connectivity index (χ0) is 25.4. The number of hydrogen-bond acceptors (Lipinski definition) is 6. The van der Waals surface area contributed by atoms with Crippen LogP contribution in [0.3, 0.4) is 0 Å². The molecule has 2 heterocycles. The van der Waals surface area contributed by atoms with Gasteiger partial charge in [0.05, 0.1) is 17.8 Å². The van der Waals surface area contributed by atoms with Crippen molar-refractivity contribution in [3.05, 3.63) is 88.5 Å². The van der Waals surface area contributed by atoms with Gasteiger partial charge >= 0.3 is 0 Å². The van der Waals surface area contributed by atoms with Gasteiger partial charge in [-0.05, 0) is 61.4 Å². The molecule has 0 fully saturated rings. The maximum absolute atomic E-state index is 12.6. The molecule has 0 saturated carbocycles. The lowest BCUT2D eigenvalue weighted by molar-refractivity contribution is -0.121. The highest BCUT2D eigenvalue weighted by atomic mass is 35.5. The fraction of sp³-hybridized carbons (Fsp3) is 0.185. The lowest BCUT2D eigenvalue weighted by Crippen LogP contribution is -2.25. The predicted octanol–water partition coefficient (Wildman–Crippen LogP) is 4.73. The third kappa shape index (κ3) is 4.31. The number of aliphatic imine (C=N–C) groups is 1. The van der Waals surface area contributed by atoms with Crippen LogP contribution in [-0.2, 0) is 4.79 Å². The van der Waals surface area contributed by atoms with Gasteiger partial charge in [0.2, 0.25) is 5.91 Å². The number of nitrogens with one attached hydrogen (secondary N) is 1. The van der Waals surface area contributed by atoms with E-state index in [0.717, 1.165) is 27.9 Å². The van der Waals surface area contributed by atoms with E-state index in [9.17, 15) is 15.0 Å². The number of amides is 1. The molecular formula is C27H24ClN5O3. The summed E-state index contributed by atoms with van der Waals surface area (Å²) in [5.41, 5.74) is 4.71. The molecule has 1 amide bonds. The molecule has 36 heavy (non-hydrogen) atoms. The highest BCUT2D eigenvalue weighted by Gasteiger charge is 2.30. The van der Waals surface area contributed by atoms with Crippen molar-refractivity contribution in [1.29, 1.82) is 0 Å². The molecule has 3 N–H and O–H groups in total. The topological polar surface area (TPSA) is 113 Å². The molecule has 182 valence electrons. The first-order valence-corrected chi connectivity index (χ1v) is 11.9. The second-order valence-corrected chi connectivity index (χ2v) is 8.97. The Balaban J connectivity index is 1.75. The fourth-order valence-electron chi connectivity index (χ4n) is 4.40. The van der Waals surface area contributed by atoms with Gasteiger partial charge in [0.1, 0.15) is 11.9 Å². The summed E-state index contributed by atoms with van der Waals surface area (Å²) in [4.78, 5) is 17.7. The number of rotatable bonds is 5. The average Bonchev–Trinajstić information content (AvgIpc) is 3.18. The molecule has 1 aliphatic heterocycles. The van der Waals surface area contributed by atoms with E-state index in [0.29, 0.717) is 28.9 Å². The Labute approximate surface area is 212 Å². The zero-order valence-electron chi connectivity index (χ0n) is 19.7. The van der Waals surface area contributed by atoms with E-state index in [4.69, 9.17) is 16.6 Å². The third-order valence-electron chi connectivity index (χ3n) is 6.10. The van der Waals surface area contributed by atoms with Gasteiger partial charge in [0.25, 0.3) is 0 Å². The molecule has 0 aliphatic carbocycles. The molecule has 8 nitrogen and oxygen atoms in total. The van der Waals surface area contributed by atoms with E-state index < -0.39 is 6.04 Å². The number of phenols is 2. The Bertz CT molecular complexity index is 1490. The molecule has 0 spiro atoms. The van der Waals surface area contributed by atoms with Crippen LogP contribution in [0.4, 0.5) is 0 Å². The summed E-state index contributed by atoms with van der Waals surface area (Å²) in [6.07, 6.45) is 0.121. The van der Waals surface area contributed by atoms with Crippen LogP contribution in [0.1, 0.15) is 42.2 Å². The van der Waals surface area contributed by atoms with Crippen molar-refractivity contribution in [2.75, 3.05) is 6.54 Å². The van der Waals surface area contributed by atoms with E-state index in [1.807, 2.05) is 48.7 Å². The third-order valence-corrected chi connectivity index (χ3v) is 6.36. The first-order valence-electron chi connectivity index (χ1n) is 11.5.